The predicted molar refractivity (Wildman–Crippen MR) is 163 cm³/mol. The molecule has 4 aromatic rings. The molecule has 0 unspecified atom stereocenters. The number of carbonyl (C=O) groups excluding carboxylic acids is 2. The van der Waals surface area contributed by atoms with Gasteiger partial charge in [-0.15, -0.1) is 5.10 Å². The molecule has 2 aliphatic rings. The largest absolute Gasteiger partial charge is 0.504 e. The molecule has 1 aliphatic carbocycles. The van der Waals surface area contributed by atoms with E-state index in [2.05, 4.69) is 41.3 Å². The summed E-state index contributed by atoms with van der Waals surface area (Å²) < 4.78 is 42.0. The first kappa shape index (κ1) is 31.7. The summed E-state index contributed by atoms with van der Waals surface area (Å²) >= 11 is 9.27. The number of halogens is 5. The number of hydrogen-bond acceptors (Lipinski definition) is 9. The average molecular weight is 725 g/mol. The number of benzene rings is 1. The zero-order chi connectivity index (χ0) is 33.1. The quantitative estimate of drug-likeness (QED) is 0.303. The van der Waals surface area contributed by atoms with Gasteiger partial charge in [0, 0.05) is 19.1 Å². The molecule has 242 valence electrons. The molecule has 13 nitrogen and oxygen atoms in total. The van der Waals surface area contributed by atoms with Crippen molar-refractivity contribution in [3.63, 3.8) is 0 Å². The van der Waals surface area contributed by atoms with Crippen LogP contribution in [0.25, 0.3) is 5.78 Å². The second-order valence-electron chi connectivity index (χ2n) is 10.9. The maximum absolute atomic E-state index is 13.9. The van der Waals surface area contributed by atoms with Crippen LogP contribution in [-0.4, -0.2) is 76.1 Å². The van der Waals surface area contributed by atoms with Gasteiger partial charge in [-0.25, -0.2) is 9.97 Å². The molecular formula is C28H26BrClF3N9O4. The van der Waals surface area contributed by atoms with Crippen LogP contribution in [0, 0.1) is 6.92 Å². The minimum Gasteiger partial charge on any atom is -0.504 e. The van der Waals surface area contributed by atoms with Crippen molar-refractivity contribution >= 4 is 56.5 Å². The van der Waals surface area contributed by atoms with E-state index < -0.39 is 29.1 Å². The summed E-state index contributed by atoms with van der Waals surface area (Å²) in [5.74, 6) is -1.25. The van der Waals surface area contributed by atoms with Gasteiger partial charge in [0.15, 0.2) is 11.4 Å². The van der Waals surface area contributed by atoms with Gasteiger partial charge in [-0.3, -0.25) is 14.4 Å². The van der Waals surface area contributed by atoms with Crippen molar-refractivity contribution in [2.45, 2.75) is 57.9 Å². The highest BCUT2D eigenvalue weighted by Gasteiger charge is 2.47. The zero-order valence-corrected chi connectivity index (χ0v) is 26.7. The lowest BCUT2D eigenvalue weighted by molar-refractivity contribution is -0.137. The Morgan fingerprint density at radius 2 is 1.91 bits per heavy atom. The van der Waals surface area contributed by atoms with Gasteiger partial charge in [-0.1, -0.05) is 18.5 Å². The maximum atomic E-state index is 13.9. The molecular weight excluding hydrogens is 699 g/mol. The van der Waals surface area contributed by atoms with Crippen LogP contribution in [0.4, 0.5) is 24.5 Å². The number of nitrogens with one attached hydrogen (secondary N) is 1. The fraction of sp³-hybridized carbons (Fsp3) is 0.393. The normalized spacial score (nSPS) is 18.0. The number of carbonyl (C=O) groups is 2. The number of nitrogens with zero attached hydrogens (tertiary/aromatic N) is 8. The van der Waals surface area contributed by atoms with E-state index in [9.17, 15) is 32.7 Å². The molecule has 1 saturated carbocycles. The van der Waals surface area contributed by atoms with Crippen LogP contribution < -0.4 is 15.8 Å². The Kier molecular flexibility index (Phi) is 8.16. The van der Waals surface area contributed by atoms with E-state index >= 15 is 0 Å². The fourth-order valence-electron chi connectivity index (χ4n) is 6.03. The molecule has 2 N–H and O–H groups in total. The van der Waals surface area contributed by atoms with E-state index in [1.165, 1.54) is 10.9 Å². The maximum Gasteiger partial charge on any atom is 0.416 e. The zero-order valence-electron chi connectivity index (χ0n) is 24.3. The highest BCUT2D eigenvalue weighted by atomic mass is 79.9. The number of piperazine rings is 1. The Morgan fingerprint density at radius 1 is 1.17 bits per heavy atom. The summed E-state index contributed by atoms with van der Waals surface area (Å²) in [6.07, 6.45) is -1.72. The van der Waals surface area contributed by atoms with Gasteiger partial charge in [-0.05, 0) is 60.3 Å². The van der Waals surface area contributed by atoms with E-state index in [4.69, 9.17) is 11.6 Å². The SMILES string of the molecule is CCc1c(N2CCN(C(=O)c3ncnc(C)c3O)[C@H]3CC[C@H]32)c(=O)n2nc(Br)nc2n1CC(=O)Nc1ccc(C(F)(F)F)cc1Cl. The first-order valence-electron chi connectivity index (χ1n) is 14.2. The monoisotopic (exact) mass is 723 g/mol. The van der Waals surface area contributed by atoms with Crippen molar-refractivity contribution < 1.29 is 27.9 Å². The Bertz CT molecular complexity index is 1950. The Hall–Kier alpha value is -4.25. The van der Waals surface area contributed by atoms with Gasteiger partial charge in [0.1, 0.15) is 18.6 Å². The number of rotatable bonds is 6. The predicted octanol–water partition coefficient (Wildman–Crippen LogP) is 3.82. The van der Waals surface area contributed by atoms with Gasteiger partial charge < -0.3 is 24.8 Å². The molecule has 2 atom stereocenters. The highest BCUT2D eigenvalue weighted by molar-refractivity contribution is 9.10. The topological polar surface area (TPSA) is 151 Å². The Balaban J connectivity index is 1.33. The summed E-state index contributed by atoms with van der Waals surface area (Å²) in [5, 5.41) is 16.9. The molecule has 0 radical (unpaired) electrons. The van der Waals surface area contributed by atoms with E-state index in [-0.39, 0.29) is 70.1 Å². The van der Waals surface area contributed by atoms with Crippen molar-refractivity contribution in [3.05, 3.63) is 67.3 Å². The summed E-state index contributed by atoms with van der Waals surface area (Å²) in [5.41, 5.74) is -0.439. The standard InChI is InChI=1S/C28H26BrClF3N9O4/c1-3-17-22(39-8-9-40(19-7-6-18(19)39)24(45)21-23(44)13(2)34-12-35-21)25(46)42-27(37-26(29)38-42)41(17)11-20(43)36-16-5-4-14(10-15(16)30)28(31,32)33/h4-5,10,12,18-19,44H,3,6-9,11H2,1-2H3,(H,36,43)/t18-,19+/m1/s1. The van der Waals surface area contributed by atoms with Crippen molar-refractivity contribution in [3.8, 4) is 5.75 Å². The summed E-state index contributed by atoms with van der Waals surface area (Å²) in [6.45, 7) is 3.54. The molecule has 46 heavy (non-hydrogen) atoms. The number of anilines is 2. The van der Waals surface area contributed by atoms with E-state index in [0.29, 0.717) is 30.6 Å². The van der Waals surface area contributed by atoms with Crippen LogP contribution in [0.15, 0.2) is 34.1 Å². The van der Waals surface area contributed by atoms with Crippen molar-refractivity contribution in [2.75, 3.05) is 23.3 Å². The molecule has 6 rings (SSSR count). The van der Waals surface area contributed by atoms with Crippen LogP contribution in [0.1, 0.15) is 47.2 Å². The third-order valence-corrected chi connectivity index (χ3v) is 9.00. The molecule has 2 fully saturated rings. The second kappa shape index (κ2) is 11.8. The average Bonchev–Trinajstić information content (AvgIpc) is 3.38. The molecule has 1 aromatic carbocycles. The first-order chi connectivity index (χ1) is 21.8. The number of aromatic nitrogens is 6. The molecule has 18 heteroatoms. The first-order valence-corrected chi connectivity index (χ1v) is 15.4. The van der Waals surface area contributed by atoms with Crippen molar-refractivity contribution in [1.82, 2.24) is 34.0 Å². The minimum absolute atomic E-state index is 0.0133. The number of aromatic hydroxyl groups is 1. The smallest absolute Gasteiger partial charge is 0.416 e. The third kappa shape index (κ3) is 5.44. The Morgan fingerprint density at radius 3 is 2.57 bits per heavy atom. The number of alkyl halides is 3. The van der Waals surface area contributed by atoms with Gasteiger partial charge in [0.05, 0.1) is 33.7 Å². The lowest BCUT2D eigenvalue weighted by atomic mass is 9.81. The molecule has 2 amide bonds. The minimum atomic E-state index is -4.60. The lowest BCUT2D eigenvalue weighted by Crippen LogP contribution is -2.67. The number of fused-ring (bicyclic) bond motifs is 2. The van der Waals surface area contributed by atoms with Crippen LogP contribution >= 0.6 is 27.5 Å². The van der Waals surface area contributed by atoms with Crippen molar-refractivity contribution in [1.29, 1.82) is 0 Å². The fourth-order valence-corrected chi connectivity index (χ4v) is 6.58. The van der Waals surface area contributed by atoms with Crippen LogP contribution in [0.3, 0.4) is 0 Å². The van der Waals surface area contributed by atoms with E-state index in [1.54, 1.807) is 11.8 Å². The number of amides is 2. The second-order valence-corrected chi connectivity index (χ2v) is 12.1. The summed E-state index contributed by atoms with van der Waals surface area (Å²) in [4.78, 5) is 56.5. The van der Waals surface area contributed by atoms with Gasteiger partial charge in [0.25, 0.3) is 11.5 Å². The van der Waals surface area contributed by atoms with Crippen LogP contribution in [-0.2, 0) is 23.9 Å². The lowest BCUT2D eigenvalue weighted by Gasteiger charge is -2.54. The molecule has 3 aromatic heterocycles. The summed E-state index contributed by atoms with van der Waals surface area (Å²) in [6, 6.07) is 2.11. The van der Waals surface area contributed by atoms with Gasteiger partial charge in [0.2, 0.25) is 16.4 Å². The van der Waals surface area contributed by atoms with E-state index in [0.717, 1.165) is 22.7 Å². The number of hydrogen-bond donors (Lipinski definition) is 2. The highest BCUT2D eigenvalue weighted by Crippen LogP contribution is 2.38. The molecule has 0 bridgehead atoms. The van der Waals surface area contributed by atoms with Gasteiger partial charge in [-0.2, -0.15) is 22.7 Å². The molecule has 4 heterocycles. The van der Waals surface area contributed by atoms with Crippen LogP contribution in [0.5, 0.6) is 5.75 Å². The molecule has 1 saturated heterocycles. The Labute approximate surface area is 272 Å². The summed E-state index contributed by atoms with van der Waals surface area (Å²) in [7, 11) is 0. The molecule has 0 spiro atoms. The van der Waals surface area contributed by atoms with Gasteiger partial charge >= 0.3 is 6.18 Å². The third-order valence-electron chi connectivity index (χ3n) is 8.35. The molecule has 1 aliphatic heterocycles. The number of aryl methyl sites for hydroxylation is 1. The van der Waals surface area contributed by atoms with Crippen molar-refractivity contribution in [2.24, 2.45) is 0 Å². The van der Waals surface area contributed by atoms with Crippen LogP contribution in [0.2, 0.25) is 5.02 Å². The van der Waals surface area contributed by atoms with E-state index in [1.807, 2.05) is 11.8 Å².